The van der Waals surface area contributed by atoms with Crippen molar-refractivity contribution >= 4 is 23.2 Å². The van der Waals surface area contributed by atoms with E-state index in [9.17, 15) is 24.8 Å². The van der Waals surface area contributed by atoms with E-state index in [0.717, 1.165) is 36.7 Å². The fourth-order valence-corrected chi connectivity index (χ4v) is 4.90. The highest BCUT2D eigenvalue weighted by atomic mass is 16.3. The molecule has 2 aromatic rings. The number of azo groups is 1. The van der Waals surface area contributed by atoms with Crippen LogP contribution in [0.5, 0.6) is 5.88 Å². The van der Waals surface area contributed by atoms with Gasteiger partial charge in [0, 0.05) is 49.4 Å². The minimum atomic E-state index is -0.560. The molecule has 234 valence electrons. The van der Waals surface area contributed by atoms with Crippen molar-refractivity contribution in [1.29, 1.82) is 5.26 Å². The summed E-state index contributed by atoms with van der Waals surface area (Å²) in [6.45, 7) is 16.0. The number of hydrogen-bond acceptors (Lipinski definition) is 7. The highest BCUT2D eigenvalue weighted by Crippen LogP contribution is 2.37. The fraction of sp³-hybridized carbons (Fsp3) is 0.576. The smallest absolute Gasteiger partial charge is 0.271 e. The molecule has 0 bridgehead atoms. The molecular formula is C33H48N6O4. The van der Waals surface area contributed by atoms with Crippen LogP contribution in [-0.4, -0.2) is 57.5 Å². The average Bonchev–Trinajstić information content (AvgIpc) is 3.00. The van der Waals surface area contributed by atoms with Crippen LogP contribution in [0.15, 0.2) is 33.2 Å². The van der Waals surface area contributed by atoms with E-state index in [0.29, 0.717) is 49.3 Å². The Hall–Kier alpha value is -4.00. The summed E-state index contributed by atoms with van der Waals surface area (Å²) in [7, 11) is 0. The van der Waals surface area contributed by atoms with Gasteiger partial charge in [-0.3, -0.25) is 19.0 Å². The van der Waals surface area contributed by atoms with Gasteiger partial charge < -0.3 is 14.9 Å². The van der Waals surface area contributed by atoms with Crippen molar-refractivity contribution in [2.75, 3.05) is 26.2 Å². The molecular weight excluding hydrogens is 544 g/mol. The van der Waals surface area contributed by atoms with Gasteiger partial charge in [-0.05, 0) is 57.2 Å². The van der Waals surface area contributed by atoms with Gasteiger partial charge in [0.15, 0.2) is 5.69 Å². The summed E-state index contributed by atoms with van der Waals surface area (Å²) in [5.41, 5.74) is 0.594. The van der Waals surface area contributed by atoms with Crippen LogP contribution in [0.4, 0.5) is 11.4 Å². The summed E-state index contributed by atoms with van der Waals surface area (Å²) in [5.74, 6) is -1.07. The normalized spacial score (nSPS) is 11.2. The van der Waals surface area contributed by atoms with Gasteiger partial charge >= 0.3 is 0 Å². The topological polar surface area (TPSA) is 131 Å². The minimum Gasteiger partial charge on any atom is -0.493 e. The van der Waals surface area contributed by atoms with Gasteiger partial charge in [-0.25, -0.2) is 0 Å². The fourth-order valence-electron chi connectivity index (χ4n) is 4.90. The minimum absolute atomic E-state index is 0.0307. The molecule has 0 spiro atoms. The largest absolute Gasteiger partial charge is 0.493 e. The van der Waals surface area contributed by atoms with Crippen molar-refractivity contribution < 1.29 is 14.7 Å². The molecule has 10 nitrogen and oxygen atoms in total. The highest BCUT2D eigenvalue weighted by Gasteiger charge is 2.24. The number of unbranched alkanes of at least 4 members (excludes halogenated alkanes) is 3. The Morgan fingerprint density at radius 1 is 0.884 bits per heavy atom. The van der Waals surface area contributed by atoms with E-state index >= 15 is 0 Å². The first kappa shape index (κ1) is 35.2. The molecule has 2 amide bonds. The van der Waals surface area contributed by atoms with Gasteiger partial charge in [-0.15, -0.1) is 5.11 Å². The number of benzene rings is 1. The van der Waals surface area contributed by atoms with Crippen LogP contribution >= 0.6 is 0 Å². The molecule has 10 heteroatoms. The summed E-state index contributed by atoms with van der Waals surface area (Å²) in [6.07, 6.45) is 5.02. The van der Waals surface area contributed by atoms with Crippen LogP contribution in [0.2, 0.25) is 0 Å². The number of rotatable bonds is 16. The lowest BCUT2D eigenvalue weighted by molar-refractivity contribution is 0.0761. The number of aromatic nitrogens is 1. The Morgan fingerprint density at radius 2 is 1.40 bits per heavy atom. The second kappa shape index (κ2) is 17.2. The average molecular weight is 593 g/mol. The molecule has 0 fully saturated rings. The number of amides is 2. The molecule has 0 saturated carbocycles. The monoisotopic (exact) mass is 592 g/mol. The Kier molecular flexibility index (Phi) is 14.1. The number of nitriles is 1. The van der Waals surface area contributed by atoms with Crippen molar-refractivity contribution in [3.05, 3.63) is 50.8 Å². The molecule has 1 heterocycles. The number of pyridine rings is 1. The summed E-state index contributed by atoms with van der Waals surface area (Å²) in [5, 5.41) is 29.8. The molecule has 0 aliphatic rings. The molecule has 1 N–H and O–H groups in total. The number of hydrogen-bond donors (Lipinski definition) is 1. The lowest BCUT2D eigenvalue weighted by Gasteiger charge is -2.23. The zero-order chi connectivity index (χ0) is 32.1. The molecule has 1 aromatic carbocycles. The van der Waals surface area contributed by atoms with Gasteiger partial charge in [-0.1, -0.05) is 53.9 Å². The SMILES string of the molecule is CCCCN(CC)C(=O)c1cc(/N=N/c2c(C(C)C)c(C#N)c(=O)n(CCCC)c2O)cc(C(=O)N(CC)CCCC)c1. The maximum atomic E-state index is 13.6. The first-order valence-electron chi connectivity index (χ1n) is 15.6. The molecule has 0 aliphatic carbocycles. The number of carbonyl (C=O) groups excluding carboxylic acids is 2. The van der Waals surface area contributed by atoms with Crippen LogP contribution in [-0.2, 0) is 6.54 Å². The van der Waals surface area contributed by atoms with Gasteiger partial charge in [0.25, 0.3) is 17.4 Å². The third-order valence-corrected chi connectivity index (χ3v) is 7.45. The summed E-state index contributed by atoms with van der Waals surface area (Å²) >= 11 is 0. The molecule has 0 atom stereocenters. The first-order valence-corrected chi connectivity index (χ1v) is 15.6. The van der Waals surface area contributed by atoms with Gasteiger partial charge in [0.1, 0.15) is 11.6 Å². The molecule has 0 saturated heterocycles. The summed E-state index contributed by atoms with van der Waals surface area (Å²) in [6, 6.07) is 6.79. The van der Waals surface area contributed by atoms with Gasteiger partial charge in [0.05, 0.1) is 5.69 Å². The van der Waals surface area contributed by atoms with E-state index in [4.69, 9.17) is 0 Å². The van der Waals surface area contributed by atoms with Gasteiger partial charge in [0.2, 0.25) is 5.88 Å². The van der Waals surface area contributed by atoms with Crippen LogP contribution in [0.1, 0.15) is 125 Å². The van der Waals surface area contributed by atoms with Crippen molar-refractivity contribution in [2.45, 2.75) is 99.5 Å². The second-order valence-electron chi connectivity index (χ2n) is 11.0. The third kappa shape index (κ3) is 8.76. The van der Waals surface area contributed by atoms with Gasteiger partial charge in [-0.2, -0.15) is 10.4 Å². The Bertz CT molecular complexity index is 1340. The zero-order valence-electron chi connectivity index (χ0n) is 26.9. The maximum Gasteiger partial charge on any atom is 0.271 e. The Labute approximate surface area is 256 Å². The number of nitrogens with zero attached hydrogens (tertiary/aromatic N) is 6. The van der Waals surface area contributed by atoms with E-state index in [1.807, 2.05) is 40.7 Å². The Morgan fingerprint density at radius 3 is 1.81 bits per heavy atom. The molecule has 2 rings (SSSR count). The van der Waals surface area contributed by atoms with E-state index in [-0.39, 0.29) is 47.1 Å². The van der Waals surface area contributed by atoms with Crippen LogP contribution in [0.3, 0.4) is 0 Å². The number of aromatic hydroxyl groups is 1. The van der Waals surface area contributed by atoms with Crippen molar-refractivity contribution in [3.8, 4) is 11.9 Å². The summed E-state index contributed by atoms with van der Waals surface area (Å²) < 4.78 is 1.16. The van der Waals surface area contributed by atoms with Crippen LogP contribution in [0, 0.1) is 11.3 Å². The highest BCUT2D eigenvalue weighted by molar-refractivity contribution is 6.01. The molecule has 0 unspecified atom stereocenters. The van der Waals surface area contributed by atoms with Crippen molar-refractivity contribution in [1.82, 2.24) is 14.4 Å². The lowest BCUT2D eigenvalue weighted by atomic mass is 9.97. The second-order valence-corrected chi connectivity index (χ2v) is 11.0. The zero-order valence-corrected chi connectivity index (χ0v) is 26.9. The predicted molar refractivity (Wildman–Crippen MR) is 170 cm³/mol. The molecule has 0 radical (unpaired) electrons. The standard InChI is InChI=1S/C33H48N6O4/c1-8-13-16-37(11-4)30(40)24-19-25(31(41)38(12-5)17-14-9-2)21-26(20-24)35-36-29-28(23(6)7)27(22-34)32(42)39(33(29)43)18-15-10-3/h19-21,23,43H,8-18H2,1-7H3/b36-35+. The maximum absolute atomic E-state index is 13.6. The first-order chi connectivity index (χ1) is 20.6. The van der Waals surface area contributed by atoms with E-state index in [1.54, 1.807) is 28.0 Å². The molecule has 1 aromatic heterocycles. The van der Waals surface area contributed by atoms with E-state index in [2.05, 4.69) is 24.1 Å². The third-order valence-electron chi connectivity index (χ3n) is 7.45. The molecule has 43 heavy (non-hydrogen) atoms. The number of carbonyl (C=O) groups is 2. The Balaban J connectivity index is 2.77. The van der Waals surface area contributed by atoms with Crippen LogP contribution < -0.4 is 5.56 Å². The quantitative estimate of drug-likeness (QED) is 0.205. The van der Waals surface area contributed by atoms with Crippen molar-refractivity contribution in [2.24, 2.45) is 10.2 Å². The molecule has 0 aliphatic heterocycles. The summed E-state index contributed by atoms with van der Waals surface area (Å²) in [4.78, 5) is 43.7. The predicted octanol–water partition coefficient (Wildman–Crippen LogP) is 7.29. The lowest BCUT2D eigenvalue weighted by Crippen LogP contribution is -2.33. The van der Waals surface area contributed by atoms with Crippen molar-refractivity contribution in [3.63, 3.8) is 0 Å². The van der Waals surface area contributed by atoms with E-state index in [1.165, 1.54) is 0 Å². The van der Waals surface area contributed by atoms with E-state index < -0.39 is 5.56 Å². The van der Waals surface area contributed by atoms with Crippen LogP contribution in [0.25, 0.3) is 0 Å².